The van der Waals surface area contributed by atoms with Crippen molar-refractivity contribution in [3.05, 3.63) is 54.2 Å². The maximum Gasteiger partial charge on any atom is 0.338 e. The molecule has 0 unspecified atom stereocenters. The van der Waals surface area contributed by atoms with Crippen molar-refractivity contribution in [1.82, 2.24) is 4.98 Å². The number of nitrogens with one attached hydrogen (secondary N) is 1. The Balaban J connectivity index is 2.05. The third-order valence-corrected chi connectivity index (χ3v) is 2.46. The van der Waals surface area contributed by atoms with Gasteiger partial charge in [-0.2, -0.15) is 0 Å². The number of pyridine rings is 1. The van der Waals surface area contributed by atoms with Crippen molar-refractivity contribution in [3.8, 4) is 0 Å². The molecule has 0 radical (unpaired) electrons. The summed E-state index contributed by atoms with van der Waals surface area (Å²) in [6.07, 6.45) is 1.72. The molecule has 104 valence electrons. The number of hydrogen-bond acceptors (Lipinski definition) is 4. The molecule has 0 aliphatic heterocycles. The second-order valence-corrected chi connectivity index (χ2v) is 5.42. The zero-order valence-corrected chi connectivity index (χ0v) is 11.9. The van der Waals surface area contributed by atoms with Gasteiger partial charge in [-0.25, -0.2) is 9.78 Å². The van der Waals surface area contributed by atoms with Crippen LogP contribution in [0.4, 0.5) is 11.5 Å². The van der Waals surface area contributed by atoms with E-state index in [0.29, 0.717) is 5.56 Å². The van der Waals surface area contributed by atoms with Gasteiger partial charge < -0.3 is 10.1 Å². The van der Waals surface area contributed by atoms with E-state index in [9.17, 15) is 4.79 Å². The van der Waals surface area contributed by atoms with Gasteiger partial charge >= 0.3 is 5.97 Å². The Morgan fingerprint density at radius 2 is 1.80 bits per heavy atom. The Kier molecular flexibility index (Phi) is 4.03. The van der Waals surface area contributed by atoms with E-state index in [4.69, 9.17) is 4.74 Å². The van der Waals surface area contributed by atoms with Gasteiger partial charge in [-0.3, -0.25) is 0 Å². The summed E-state index contributed by atoms with van der Waals surface area (Å²) >= 11 is 0. The van der Waals surface area contributed by atoms with Gasteiger partial charge in [0.25, 0.3) is 0 Å². The number of ether oxygens (including phenoxy) is 1. The molecule has 0 amide bonds. The lowest BCUT2D eigenvalue weighted by Crippen LogP contribution is -2.23. The third-order valence-electron chi connectivity index (χ3n) is 2.46. The predicted molar refractivity (Wildman–Crippen MR) is 79.1 cm³/mol. The summed E-state index contributed by atoms with van der Waals surface area (Å²) in [6, 6.07) is 12.8. The number of nitrogens with zero attached hydrogens (tertiary/aromatic N) is 1. The summed E-state index contributed by atoms with van der Waals surface area (Å²) in [7, 11) is 0. The van der Waals surface area contributed by atoms with E-state index in [1.54, 1.807) is 18.3 Å². The maximum atomic E-state index is 11.9. The van der Waals surface area contributed by atoms with Gasteiger partial charge in [-0.1, -0.05) is 6.07 Å². The van der Waals surface area contributed by atoms with Gasteiger partial charge in [0.15, 0.2) is 0 Å². The molecule has 4 nitrogen and oxygen atoms in total. The normalized spacial score (nSPS) is 10.9. The topological polar surface area (TPSA) is 51.2 Å². The number of aromatic nitrogens is 1. The fourth-order valence-electron chi connectivity index (χ4n) is 1.61. The molecule has 2 rings (SSSR count). The largest absolute Gasteiger partial charge is 0.456 e. The molecule has 20 heavy (non-hydrogen) atoms. The summed E-state index contributed by atoms with van der Waals surface area (Å²) in [5.74, 6) is 0.444. The van der Waals surface area contributed by atoms with Crippen LogP contribution in [-0.4, -0.2) is 16.6 Å². The quantitative estimate of drug-likeness (QED) is 0.862. The first kappa shape index (κ1) is 14.1. The molecule has 0 aliphatic carbocycles. The molecule has 0 fully saturated rings. The van der Waals surface area contributed by atoms with Crippen molar-refractivity contribution in [2.45, 2.75) is 26.4 Å². The number of carbonyl (C=O) groups is 1. The number of anilines is 2. The molecular weight excluding hydrogens is 252 g/mol. The lowest BCUT2D eigenvalue weighted by molar-refractivity contribution is 0.00696. The van der Waals surface area contributed by atoms with Gasteiger partial charge in [-0.15, -0.1) is 0 Å². The summed E-state index contributed by atoms with van der Waals surface area (Å²) in [5.41, 5.74) is 0.921. The van der Waals surface area contributed by atoms with Crippen molar-refractivity contribution in [1.29, 1.82) is 0 Å². The maximum absolute atomic E-state index is 11.9. The lowest BCUT2D eigenvalue weighted by Gasteiger charge is -2.19. The molecule has 1 aromatic heterocycles. The highest BCUT2D eigenvalue weighted by atomic mass is 16.6. The van der Waals surface area contributed by atoms with Crippen molar-refractivity contribution in [2.75, 3.05) is 5.32 Å². The van der Waals surface area contributed by atoms with E-state index in [1.807, 2.05) is 51.1 Å². The van der Waals surface area contributed by atoms with Crippen LogP contribution in [0.25, 0.3) is 0 Å². The van der Waals surface area contributed by atoms with Crippen molar-refractivity contribution < 1.29 is 9.53 Å². The van der Waals surface area contributed by atoms with Crippen LogP contribution < -0.4 is 5.32 Å². The smallest absolute Gasteiger partial charge is 0.338 e. The Labute approximate surface area is 118 Å². The van der Waals surface area contributed by atoms with Crippen molar-refractivity contribution >= 4 is 17.5 Å². The van der Waals surface area contributed by atoms with E-state index >= 15 is 0 Å². The average Bonchev–Trinajstić information content (AvgIpc) is 2.39. The zero-order valence-electron chi connectivity index (χ0n) is 11.9. The van der Waals surface area contributed by atoms with Crippen LogP contribution >= 0.6 is 0 Å². The standard InChI is InChI=1S/C16H18N2O2/c1-16(2,3)20-15(19)12-7-9-13(10-8-12)18-14-6-4-5-11-17-14/h4-11H,1-3H3,(H,17,18). The van der Waals surface area contributed by atoms with Crippen LogP contribution in [0.5, 0.6) is 0 Å². The molecule has 0 saturated heterocycles. The Hall–Kier alpha value is -2.36. The summed E-state index contributed by atoms with van der Waals surface area (Å²) in [4.78, 5) is 16.1. The van der Waals surface area contributed by atoms with Gasteiger partial charge in [0.1, 0.15) is 11.4 Å². The molecule has 2 aromatic rings. The first-order valence-corrected chi connectivity index (χ1v) is 6.45. The first-order chi connectivity index (χ1) is 9.44. The molecule has 0 atom stereocenters. The summed E-state index contributed by atoms with van der Waals surface area (Å²) in [6.45, 7) is 5.55. The van der Waals surface area contributed by atoms with Gasteiger partial charge in [0.05, 0.1) is 5.56 Å². The molecule has 1 N–H and O–H groups in total. The summed E-state index contributed by atoms with van der Waals surface area (Å²) in [5, 5.41) is 3.16. The van der Waals surface area contributed by atoms with E-state index in [-0.39, 0.29) is 5.97 Å². The van der Waals surface area contributed by atoms with Crippen LogP contribution in [-0.2, 0) is 4.74 Å². The van der Waals surface area contributed by atoms with Crippen LogP contribution in [0.2, 0.25) is 0 Å². The van der Waals surface area contributed by atoms with Crippen LogP contribution in [0.3, 0.4) is 0 Å². The molecule has 0 spiro atoms. The molecule has 0 bridgehead atoms. The SMILES string of the molecule is CC(C)(C)OC(=O)c1ccc(Nc2ccccn2)cc1. The van der Waals surface area contributed by atoms with Gasteiger partial charge in [0, 0.05) is 11.9 Å². The second kappa shape index (κ2) is 5.74. The number of hydrogen-bond donors (Lipinski definition) is 1. The fraction of sp³-hybridized carbons (Fsp3) is 0.250. The molecule has 1 heterocycles. The number of carbonyl (C=O) groups excluding carboxylic acids is 1. The molecular formula is C16H18N2O2. The highest BCUT2D eigenvalue weighted by molar-refractivity contribution is 5.90. The van der Waals surface area contributed by atoms with E-state index in [1.165, 1.54) is 0 Å². The summed E-state index contributed by atoms with van der Waals surface area (Å²) < 4.78 is 5.31. The monoisotopic (exact) mass is 270 g/mol. The van der Waals surface area contributed by atoms with Crippen molar-refractivity contribution in [2.24, 2.45) is 0 Å². The minimum Gasteiger partial charge on any atom is -0.456 e. The van der Waals surface area contributed by atoms with E-state index < -0.39 is 5.60 Å². The number of rotatable bonds is 3. The number of esters is 1. The van der Waals surface area contributed by atoms with Gasteiger partial charge in [0.2, 0.25) is 0 Å². The van der Waals surface area contributed by atoms with E-state index in [2.05, 4.69) is 10.3 Å². The van der Waals surface area contributed by atoms with Gasteiger partial charge in [-0.05, 0) is 57.2 Å². The minimum atomic E-state index is -0.484. The van der Waals surface area contributed by atoms with Crippen LogP contribution in [0, 0.1) is 0 Å². The Morgan fingerprint density at radius 3 is 2.35 bits per heavy atom. The van der Waals surface area contributed by atoms with E-state index in [0.717, 1.165) is 11.5 Å². The predicted octanol–water partition coefficient (Wildman–Crippen LogP) is 3.78. The highest BCUT2D eigenvalue weighted by Gasteiger charge is 2.17. The Bertz CT molecular complexity index is 572. The third kappa shape index (κ3) is 4.09. The van der Waals surface area contributed by atoms with Crippen LogP contribution in [0.15, 0.2) is 48.7 Å². The minimum absolute atomic E-state index is 0.318. The Morgan fingerprint density at radius 1 is 1.10 bits per heavy atom. The number of benzene rings is 1. The zero-order chi connectivity index (χ0) is 14.6. The first-order valence-electron chi connectivity index (χ1n) is 6.45. The second-order valence-electron chi connectivity index (χ2n) is 5.42. The molecule has 4 heteroatoms. The van der Waals surface area contributed by atoms with Crippen LogP contribution in [0.1, 0.15) is 31.1 Å². The fourth-order valence-corrected chi connectivity index (χ4v) is 1.61. The molecule has 1 aromatic carbocycles. The molecule has 0 aliphatic rings. The average molecular weight is 270 g/mol. The highest BCUT2D eigenvalue weighted by Crippen LogP contribution is 2.17. The molecule has 0 saturated carbocycles. The van der Waals surface area contributed by atoms with Crippen molar-refractivity contribution in [3.63, 3.8) is 0 Å². The lowest BCUT2D eigenvalue weighted by atomic mass is 10.1.